The van der Waals surface area contributed by atoms with E-state index in [1.165, 1.54) is 6.07 Å². The van der Waals surface area contributed by atoms with Gasteiger partial charge in [-0.1, -0.05) is 18.5 Å². The molecule has 1 heterocycles. The van der Waals surface area contributed by atoms with E-state index in [2.05, 4.69) is 16.5 Å². The molecule has 1 aliphatic rings. The highest BCUT2D eigenvalue weighted by atomic mass is 35.5. The number of benzene rings is 1. The molecule has 1 fully saturated rings. The predicted molar refractivity (Wildman–Crippen MR) is 76.6 cm³/mol. The highest BCUT2D eigenvalue weighted by molar-refractivity contribution is 6.31. The zero-order valence-electron chi connectivity index (χ0n) is 10.7. The molecule has 0 atom stereocenters. The molecule has 2 nitrogen and oxygen atoms in total. The average molecular weight is 301 g/mol. The quantitative estimate of drug-likeness (QED) is 0.759. The number of nitrogens with zero attached hydrogens (tertiary/aromatic N) is 2. The Morgan fingerprint density at radius 1 is 1.42 bits per heavy atom. The van der Waals surface area contributed by atoms with Gasteiger partial charge in [0.1, 0.15) is 11.6 Å². The summed E-state index contributed by atoms with van der Waals surface area (Å²) >= 11 is 11.7. The van der Waals surface area contributed by atoms with E-state index in [0.29, 0.717) is 23.9 Å². The molecule has 3 rings (SSSR count). The Balaban J connectivity index is 2.14. The second-order valence-electron chi connectivity index (χ2n) is 5.32. The number of hydrogen-bond acceptors (Lipinski definition) is 1. The molecular weight excluding hydrogens is 286 g/mol. The summed E-state index contributed by atoms with van der Waals surface area (Å²) in [7, 11) is 0. The van der Waals surface area contributed by atoms with Crippen LogP contribution in [0, 0.1) is 11.7 Å². The van der Waals surface area contributed by atoms with Gasteiger partial charge in [-0.15, -0.1) is 11.6 Å². The van der Waals surface area contributed by atoms with Gasteiger partial charge in [0, 0.05) is 24.4 Å². The van der Waals surface area contributed by atoms with Crippen molar-refractivity contribution in [3.8, 4) is 0 Å². The zero-order chi connectivity index (χ0) is 13.6. The summed E-state index contributed by atoms with van der Waals surface area (Å²) in [4.78, 5) is 4.51. The molecule has 0 unspecified atom stereocenters. The predicted octanol–water partition coefficient (Wildman–Crippen LogP) is 4.58. The van der Waals surface area contributed by atoms with Gasteiger partial charge in [0.25, 0.3) is 0 Å². The van der Waals surface area contributed by atoms with Gasteiger partial charge in [-0.3, -0.25) is 0 Å². The highest BCUT2D eigenvalue weighted by Gasteiger charge is 2.30. The lowest BCUT2D eigenvalue weighted by atomic mass is 9.81. The van der Waals surface area contributed by atoms with Gasteiger partial charge >= 0.3 is 0 Å². The summed E-state index contributed by atoms with van der Waals surface area (Å²) in [6, 6.07) is 3.54. The second kappa shape index (κ2) is 4.95. The molecule has 5 heteroatoms. The van der Waals surface area contributed by atoms with Gasteiger partial charge in [0.15, 0.2) is 0 Å². The van der Waals surface area contributed by atoms with Gasteiger partial charge in [-0.25, -0.2) is 9.37 Å². The summed E-state index contributed by atoms with van der Waals surface area (Å²) in [5.41, 5.74) is 1.59. The Morgan fingerprint density at radius 2 is 2.16 bits per heavy atom. The molecule has 2 aromatic rings. The van der Waals surface area contributed by atoms with Gasteiger partial charge in [-0.2, -0.15) is 0 Å². The first-order valence-corrected chi connectivity index (χ1v) is 7.43. The standard InChI is InChI=1S/C14H15Cl2FN2/c1-8-4-9(5-8)19-13-6-10(16)11(17)7-12(13)18-14(19)2-3-15/h6-9H,2-5H2,1H3. The van der Waals surface area contributed by atoms with Crippen molar-refractivity contribution in [1.82, 2.24) is 9.55 Å². The minimum Gasteiger partial charge on any atom is -0.325 e. The monoisotopic (exact) mass is 300 g/mol. The minimum atomic E-state index is -0.418. The van der Waals surface area contributed by atoms with Crippen LogP contribution in [-0.4, -0.2) is 15.4 Å². The molecule has 0 spiro atoms. The SMILES string of the molecule is CC1CC(n2c(CCCl)nc3cc(F)c(Cl)cc32)C1. The molecule has 0 amide bonds. The van der Waals surface area contributed by atoms with E-state index < -0.39 is 5.82 Å². The summed E-state index contributed by atoms with van der Waals surface area (Å²) in [6.45, 7) is 2.24. The Bertz CT molecular complexity index is 617. The molecule has 0 aliphatic heterocycles. The molecule has 0 saturated heterocycles. The fraction of sp³-hybridized carbons (Fsp3) is 0.500. The number of hydrogen-bond donors (Lipinski definition) is 0. The highest BCUT2D eigenvalue weighted by Crippen LogP contribution is 2.40. The average Bonchev–Trinajstić information content (AvgIpc) is 2.64. The van der Waals surface area contributed by atoms with Crippen molar-refractivity contribution in [3.63, 3.8) is 0 Å². The zero-order valence-corrected chi connectivity index (χ0v) is 12.2. The lowest BCUT2D eigenvalue weighted by Gasteiger charge is -2.35. The third-order valence-corrected chi connectivity index (χ3v) is 4.32. The van der Waals surface area contributed by atoms with E-state index in [1.54, 1.807) is 6.07 Å². The maximum atomic E-state index is 13.5. The second-order valence-corrected chi connectivity index (χ2v) is 6.11. The van der Waals surface area contributed by atoms with Crippen molar-refractivity contribution in [2.75, 3.05) is 5.88 Å². The molecule has 1 aromatic heterocycles. The number of fused-ring (bicyclic) bond motifs is 1. The third kappa shape index (κ3) is 2.23. The summed E-state index contributed by atoms with van der Waals surface area (Å²) in [5, 5.41) is 0.151. The molecule has 0 radical (unpaired) electrons. The molecule has 1 aliphatic carbocycles. The first-order valence-electron chi connectivity index (χ1n) is 6.52. The summed E-state index contributed by atoms with van der Waals surface area (Å²) < 4.78 is 15.7. The van der Waals surface area contributed by atoms with Crippen molar-refractivity contribution in [1.29, 1.82) is 0 Å². The van der Waals surface area contributed by atoms with Crippen LogP contribution in [0.2, 0.25) is 5.02 Å². The normalized spacial score (nSPS) is 22.7. The number of aryl methyl sites for hydroxylation is 1. The van der Waals surface area contributed by atoms with Crippen LogP contribution in [0.4, 0.5) is 4.39 Å². The lowest BCUT2D eigenvalue weighted by Crippen LogP contribution is -2.26. The smallest absolute Gasteiger partial charge is 0.144 e. The fourth-order valence-electron chi connectivity index (χ4n) is 2.88. The van der Waals surface area contributed by atoms with Crippen molar-refractivity contribution in [3.05, 3.63) is 28.8 Å². The van der Waals surface area contributed by atoms with Crippen LogP contribution in [0.1, 0.15) is 31.6 Å². The lowest BCUT2D eigenvalue weighted by molar-refractivity contribution is 0.217. The number of aromatic nitrogens is 2. The van der Waals surface area contributed by atoms with Crippen molar-refractivity contribution in [2.45, 2.75) is 32.2 Å². The van der Waals surface area contributed by atoms with Crippen molar-refractivity contribution >= 4 is 34.2 Å². The number of imidazole rings is 1. The van der Waals surface area contributed by atoms with E-state index in [4.69, 9.17) is 23.2 Å². The summed E-state index contributed by atoms with van der Waals surface area (Å²) in [6.07, 6.45) is 2.96. The number of alkyl halides is 1. The first-order chi connectivity index (χ1) is 9.10. The van der Waals surface area contributed by atoms with Crippen LogP contribution in [-0.2, 0) is 6.42 Å². The van der Waals surface area contributed by atoms with Crippen LogP contribution >= 0.6 is 23.2 Å². The number of halogens is 3. The van der Waals surface area contributed by atoms with E-state index in [9.17, 15) is 4.39 Å². The van der Waals surface area contributed by atoms with E-state index in [-0.39, 0.29) is 5.02 Å². The maximum Gasteiger partial charge on any atom is 0.144 e. The van der Waals surface area contributed by atoms with Gasteiger partial charge in [-0.05, 0) is 24.8 Å². The minimum absolute atomic E-state index is 0.151. The van der Waals surface area contributed by atoms with Crippen LogP contribution in [0.25, 0.3) is 11.0 Å². The van der Waals surface area contributed by atoms with Crippen LogP contribution < -0.4 is 0 Å². The van der Waals surface area contributed by atoms with E-state index >= 15 is 0 Å². The topological polar surface area (TPSA) is 17.8 Å². The Morgan fingerprint density at radius 3 is 2.79 bits per heavy atom. The fourth-order valence-corrected chi connectivity index (χ4v) is 3.21. The Labute approximate surface area is 121 Å². The van der Waals surface area contributed by atoms with E-state index in [1.807, 2.05) is 0 Å². The molecule has 102 valence electrons. The van der Waals surface area contributed by atoms with E-state index in [0.717, 1.165) is 30.1 Å². The number of rotatable bonds is 3. The van der Waals surface area contributed by atoms with Crippen LogP contribution in [0.15, 0.2) is 12.1 Å². The molecule has 1 saturated carbocycles. The Hall–Kier alpha value is -0.800. The molecule has 0 N–H and O–H groups in total. The summed E-state index contributed by atoms with van der Waals surface area (Å²) in [5.74, 6) is 1.77. The molecule has 1 aromatic carbocycles. The van der Waals surface area contributed by atoms with Crippen molar-refractivity contribution < 1.29 is 4.39 Å². The largest absolute Gasteiger partial charge is 0.325 e. The van der Waals surface area contributed by atoms with Crippen LogP contribution in [0.3, 0.4) is 0 Å². The molecular formula is C14H15Cl2FN2. The van der Waals surface area contributed by atoms with Crippen molar-refractivity contribution in [2.24, 2.45) is 5.92 Å². The third-order valence-electron chi connectivity index (χ3n) is 3.84. The maximum absolute atomic E-state index is 13.5. The van der Waals surface area contributed by atoms with Gasteiger partial charge in [0.05, 0.1) is 16.1 Å². The van der Waals surface area contributed by atoms with Gasteiger partial charge < -0.3 is 4.57 Å². The molecule has 19 heavy (non-hydrogen) atoms. The Kier molecular flexibility index (Phi) is 3.44. The van der Waals surface area contributed by atoms with Gasteiger partial charge in [0.2, 0.25) is 0 Å². The first kappa shape index (κ1) is 13.2. The van der Waals surface area contributed by atoms with Crippen LogP contribution in [0.5, 0.6) is 0 Å². The molecule has 0 bridgehead atoms.